The maximum Gasteiger partial charge on any atom is 0.0408 e. The standard InChI is InChI=1S/C11H14ClN.ClH/c12-10-3-1-2-8(6-10)7-11(13)9-4-5-9;/h1-3,6,9,11H,4-5,7,13H2;1H. The number of halogens is 2. The molecule has 1 aliphatic rings. The van der Waals surface area contributed by atoms with Crippen molar-refractivity contribution in [2.75, 3.05) is 0 Å². The molecule has 0 aromatic heterocycles. The Morgan fingerprint density at radius 3 is 2.71 bits per heavy atom. The fraction of sp³-hybridized carbons (Fsp3) is 0.455. The van der Waals surface area contributed by atoms with Gasteiger partial charge in [-0.25, -0.2) is 0 Å². The second-order valence-corrected chi connectivity index (χ2v) is 4.27. The van der Waals surface area contributed by atoms with Crippen molar-refractivity contribution in [1.29, 1.82) is 0 Å². The highest BCUT2D eigenvalue weighted by molar-refractivity contribution is 6.30. The third kappa shape index (κ3) is 3.16. The highest BCUT2D eigenvalue weighted by Gasteiger charge is 2.28. The van der Waals surface area contributed by atoms with E-state index in [2.05, 4.69) is 6.07 Å². The third-order valence-electron chi connectivity index (χ3n) is 2.59. The molecule has 1 saturated carbocycles. The highest BCUT2D eigenvalue weighted by atomic mass is 35.5. The van der Waals surface area contributed by atoms with Crippen molar-refractivity contribution in [2.45, 2.75) is 25.3 Å². The van der Waals surface area contributed by atoms with E-state index in [0.29, 0.717) is 6.04 Å². The van der Waals surface area contributed by atoms with Crippen LogP contribution in [0, 0.1) is 5.92 Å². The molecule has 0 spiro atoms. The van der Waals surface area contributed by atoms with Gasteiger partial charge < -0.3 is 5.73 Å². The molecule has 1 nitrogen and oxygen atoms in total. The zero-order chi connectivity index (χ0) is 9.26. The van der Waals surface area contributed by atoms with Crippen molar-refractivity contribution in [3.8, 4) is 0 Å². The lowest BCUT2D eigenvalue weighted by Crippen LogP contribution is -2.24. The maximum absolute atomic E-state index is 6.02. The van der Waals surface area contributed by atoms with E-state index < -0.39 is 0 Å². The number of rotatable bonds is 3. The lowest BCUT2D eigenvalue weighted by molar-refractivity contribution is 0.592. The molecule has 1 unspecified atom stereocenters. The number of hydrogen-bond acceptors (Lipinski definition) is 1. The average molecular weight is 232 g/mol. The van der Waals surface area contributed by atoms with Gasteiger partial charge in [0.1, 0.15) is 0 Å². The molecule has 1 aromatic rings. The molecule has 2 rings (SSSR count). The van der Waals surface area contributed by atoms with E-state index in [9.17, 15) is 0 Å². The fourth-order valence-electron chi connectivity index (χ4n) is 1.63. The van der Waals surface area contributed by atoms with Crippen LogP contribution in [0.1, 0.15) is 18.4 Å². The summed E-state index contributed by atoms with van der Waals surface area (Å²) in [6, 6.07) is 8.31. The molecule has 0 bridgehead atoms. The Kier molecular flexibility index (Phi) is 4.24. The van der Waals surface area contributed by atoms with Gasteiger partial charge in [0.25, 0.3) is 0 Å². The second-order valence-electron chi connectivity index (χ2n) is 3.84. The molecule has 0 heterocycles. The summed E-state index contributed by atoms with van der Waals surface area (Å²) in [5, 5.41) is 0.806. The Bertz CT molecular complexity index is 297. The van der Waals surface area contributed by atoms with Gasteiger partial charge in [-0.05, 0) is 42.9 Å². The molecule has 1 atom stereocenters. The summed E-state index contributed by atoms with van der Waals surface area (Å²) in [6.45, 7) is 0. The topological polar surface area (TPSA) is 26.0 Å². The van der Waals surface area contributed by atoms with E-state index in [-0.39, 0.29) is 12.4 Å². The predicted octanol–water partition coefficient (Wildman–Crippen LogP) is 3.04. The summed E-state index contributed by atoms with van der Waals surface area (Å²) >= 11 is 5.88. The smallest absolute Gasteiger partial charge is 0.0408 e. The van der Waals surface area contributed by atoms with Crippen LogP contribution in [-0.4, -0.2) is 6.04 Å². The first-order chi connectivity index (χ1) is 6.25. The first kappa shape index (κ1) is 11.8. The summed E-state index contributed by atoms with van der Waals surface area (Å²) in [4.78, 5) is 0. The minimum absolute atomic E-state index is 0. The Morgan fingerprint density at radius 2 is 2.14 bits per heavy atom. The zero-order valence-corrected chi connectivity index (χ0v) is 9.52. The number of nitrogens with two attached hydrogens (primary N) is 1. The number of benzene rings is 1. The molecule has 0 aliphatic heterocycles. The molecule has 14 heavy (non-hydrogen) atoms. The molecule has 2 N–H and O–H groups in total. The first-order valence-electron chi connectivity index (χ1n) is 4.76. The molecular formula is C11H15Cl2N. The van der Waals surface area contributed by atoms with E-state index in [4.69, 9.17) is 17.3 Å². The monoisotopic (exact) mass is 231 g/mol. The Balaban J connectivity index is 0.000000980. The van der Waals surface area contributed by atoms with Crippen LogP contribution in [0.4, 0.5) is 0 Å². The summed E-state index contributed by atoms with van der Waals surface area (Å²) in [6.07, 6.45) is 3.58. The Morgan fingerprint density at radius 1 is 1.43 bits per heavy atom. The lowest BCUT2D eigenvalue weighted by atomic mass is 10.0. The molecule has 0 radical (unpaired) electrons. The summed E-state index contributed by atoms with van der Waals surface area (Å²) in [5.41, 5.74) is 7.27. The second kappa shape index (κ2) is 5.01. The van der Waals surface area contributed by atoms with Crippen LogP contribution >= 0.6 is 24.0 Å². The van der Waals surface area contributed by atoms with E-state index in [0.717, 1.165) is 17.4 Å². The van der Waals surface area contributed by atoms with Gasteiger partial charge in [0.15, 0.2) is 0 Å². The highest BCUT2D eigenvalue weighted by Crippen LogP contribution is 2.33. The Labute approximate surface area is 96.0 Å². The largest absolute Gasteiger partial charge is 0.327 e. The van der Waals surface area contributed by atoms with Crippen molar-refractivity contribution < 1.29 is 0 Å². The van der Waals surface area contributed by atoms with E-state index in [1.165, 1.54) is 18.4 Å². The van der Waals surface area contributed by atoms with Crippen LogP contribution in [0.3, 0.4) is 0 Å². The zero-order valence-electron chi connectivity index (χ0n) is 7.95. The minimum atomic E-state index is 0. The van der Waals surface area contributed by atoms with Crippen molar-refractivity contribution in [3.63, 3.8) is 0 Å². The lowest BCUT2D eigenvalue weighted by Gasteiger charge is -2.09. The van der Waals surface area contributed by atoms with Crippen LogP contribution in [0.15, 0.2) is 24.3 Å². The van der Waals surface area contributed by atoms with Gasteiger partial charge in [0, 0.05) is 11.1 Å². The molecule has 3 heteroatoms. The summed E-state index contributed by atoms with van der Waals surface area (Å²) in [7, 11) is 0. The molecule has 0 saturated heterocycles. The molecule has 1 aromatic carbocycles. The van der Waals surface area contributed by atoms with Gasteiger partial charge in [-0.15, -0.1) is 12.4 Å². The van der Waals surface area contributed by atoms with Gasteiger partial charge in [0.2, 0.25) is 0 Å². The van der Waals surface area contributed by atoms with Crippen molar-refractivity contribution >= 4 is 24.0 Å². The SMILES string of the molecule is Cl.NC(Cc1cccc(Cl)c1)C1CC1. The average Bonchev–Trinajstić information content (AvgIpc) is 2.85. The minimum Gasteiger partial charge on any atom is -0.327 e. The van der Waals surface area contributed by atoms with Gasteiger partial charge in [-0.1, -0.05) is 23.7 Å². The quantitative estimate of drug-likeness (QED) is 0.851. The van der Waals surface area contributed by atoms with Crippen LogP contribution < -0.4 is 5.73 Å². The van der Waals surface area contributed by atoms with Crippen molar-refractivity contribution in [2.24, 2.45) is 11.7 Å². The van der Waals surface area contributed by atoms with E-state index in [1.54, 1.807) is 0 Å². The van der Waals surface area contributed by atoms with Crippen LogP contribution in [0.5, 0.6) is 0 Å². The Hall–Kier alpha value is -0.240. The molecule has 78 valence electrons. The number of hydrogen-bond donors (Lipinski definition) is 1. The van der Waals surface area contributed by atoms with E-state index >= 15 is 0 Å². The van der Waals surface area contributed by atoms with Gasteiger partial charge in [0.05, 0.1) is 0 Å². The van der Waals surface area contributed by atoms with Crippen molar-refractivity contribution in [3.05, 3.63) is 34.9 Å². The molecule has 0 amide bonds. The van der Waals surface area contributed by atoms with Gasteiger partial charge >= 0.3 is 0 Å². The van der Waals surface area contributed by atoms with Crippen molar-refractivity contribution in [1.82, 2.24) is 0 Å². The maximum atomic E-state index is 6.02. The van der Waals surface area contributed by atoms with Crippen LogP contribution in [0.2, 0.25) is 5.02 Å². The normalized spacial score (nSPS) is 17.3. The fourth-order valence-corrected chi connectivity index (χ4v) is 1.84. The van der Waals surface area contributed by atoms with E-state index in [1.807, 2.05) is 18.2 Å². The third-order valence-corrected chi connectivity index (χ3v) is 2.82. The summed E-state index contributed by atoms with van der Waals surface area (Å²) < 4.78 is 0. The van der Waals surface area contributed by atoms with Gasteiger partial charge in [-0.2, -0.15) is 0 Å². The van der Waals surface area contributed by atoms with Gasteiger partial charge in [-0.3, -0.25) is 0 Å². The van der Waals surface area contributed by atoms with Crippen LogP contribution in [0.25, 0.3) is 0 Å². The van der Waals surface area contributed by atoms with Crippen LogP contribution in [-0.2, 0) is 6.42 Å². The molecule has 1 aliphatic carbocycles. The molecular weight excluding hydrogens is 217 g/mol. The molecule has 1 fully saturated rings. The predicted molar refractivity (Wildman–Crippen MR) is 63.1 cm³/mol. The first-order valence-corrected chi connectivity index (χ1v) is 5.13. The summed E-state index contributed by atoms with van der Waals surface area (Å²) in [5.74, 6) is 0.763.